The number of aromatic nitrogens is 3. The maximum Gasteiger partial charge on any atom is 0.126 e. The number of fused-ring (bicyclic) bond motifs is 2. The maximum absolute atomic E-state index is 13.4. The Labute approximate surface area is 154 Å². The van der Waals surface area contributed by atoms with Crippen molar-refractivity contribution in [1.29, 1.82) is 0 Å². The largest absolute Gasteiger partial charge is 0.360 e. The highest BCUT2D eigenvalue weighted by atomic mass is 79.9. The van der Waals surface area contributed by atoms with Crippen LogP contribution in [0.25, 0.3) is 43.6 Å². The number of hydrogen-bond acceptors (Lipinski definition) is 2. The van der Waals surface area contributed by atoms with E-state index in [4.69, 9.17) is 4.98 Å². The monoisotopic (exact) mass is 411 g/mol. The second kappa shape index (κ2) is 5.54. The predicted octanol–water partition coefficient (Wildman–Crippen LogP) is 6.34. The Morgan fingerprint density at radius 1 is 0.920 bits per heavy atom. The molecule has 0 unspecified atom stereocenters. The Kier molecular flexibility index (Phi) is 3.29. The molecule has 0 aliphatic heterocycles. The number of thiazole rings is 1. The van der Waals surface area contributed by atoms with Crippen LogP contribution in [0.3, 0.4) is 0 Å². The first-order valence-electron chi connectivity index (χ1n) is 7.68. The van der Waals surface area contributed by atoms with Gasteiger partial charge in [-0.05, 0) is 30.3 Å². The first-order chi connectivity index (χ1) is 12.2. The molecule has 0 aliphatic carbocycles. The Hall–Kier alpha value is -2.44. The van der Waals surface area contributed by atoms with Crippen molar-refractivity contribution in [2.75, 3.05) is 0 Å². The van der Waals surface area contributed by atoms with Crippen LogP contribution >= 0.6 is 27.3 Å². The van der Waals surface area contributed by atoms with E-state index in [-0.39, 0.29) is 5.82 Å². The summed E-state index contributed by atoms with van der Waals surface area (Å²) in [4.78, 5) is 11.2. The molecule has 2 aromatic carbocycles. The minimum Gasteiger partial charge on any atom is -0.360 e. The van der Waals surface area contributed by atoms with Gasteiger partial charge >= 0.3 is 0 Å². The molecule has 6 heteroatoms. The summed E-state index contributed by atoms with van der Waals surface area (Å²) in [5, 5.41) is 5.09. The molecule has 3 nitrogen and oxygen atoms in total. The number of hydrogen-bond donors (Lipinski definition) is 2. The van der Waals surface area contributed by atoms with Gasteiger partial charge in [0.1, 0.15) is 10.8 Å². The molecule has 0 bridgehead atoms. The minimum atomic E-state index is -0.245. The van der Waals surface area contributed by atoms with Crippen LogP contribution in [0.15, 0.2) is 58.6 Å². The van der Waals surface area contributed by atoms with Crippen LogP contribution in [0, 0.1) is 5.82 Å². The zero-order valence-electron chi connectivity index (χ0n) is 12.8. The Bertz CT molecular complexity index is 1140. The molecule has 3 aromatic heterocycles. The van der Waals surface area contributed by atoms with Crippen LogP contribution < -0.4 is 0 Å². The SMILES string of the molecule is Fc1ccc2c(-c3nc(-c4c[nH]c5cc(Br)ccc45)cs3)c[nH]c2c1. The van der Waals surface area contributed by atoms with E-state index in [9.17, 15) is 4.39 Å². The Morgan fingerprint density at radius 3 is 2.52 bits per heavy atom. The topological polar surface area (TPSA) is 44.5 Å². The summed E-state index contributed by atoms with van der Waals surface area (Å²) in [6, 6.07) is 10.9. The van der Waals surface area contributed by atoms with Gasteiger partial charge in [0, 0.05) is 55.2 Å². The summed E-state index contributed by atoms with van der Waals surface area (Å²) >= 11 is 5.08. The summed E-state index contributed by atoms with van der Waals surface area (Å²) < 4.78 is 14.4. The normalized spacial score (nSPS) is 11.6. The van der Waals surface area contributed by atoms with E-state index in [0.717, 1.165) is 48.1 Å². The smallest absolute Gasteiger partial charge is 0.126 e. The lowest BCUT2D eigenvalue weighted by Gasteiger charge is -1.96. The molecule has 3 heterocycles. The van der Waals surface area contributed by atoms with Crippen LogP contribution in [0.5, 0.6) is 0 Å². The zero-order valence-corrected chi connectivity index (χ0v) is 15.2. The van der Waals surface area contributed by atoms with Gasteiger partial charge in [-0.3, -0.25) is 0 Å². The lowest BCUT2D eigenvalue weighted by molar-refractivity contribution is 0.629. The van der Waals surface area contributed by atoms with Crippen LogP contribution in [-0.4, -0.2) is 15.0 Å². The van der Waals surface area contributed by atoms with Gasteiger partial charge in [0.05, 0.1) is 5.69 Å². The third kappa shape index (κ3) is 2.41. The van der Waals surface area contributed by atoms with Crippen molar-refractivity contribution in [2.45, 2.75) is 0 Å². The number of aromatic amines is 2. The molecule has 25 heavy (non-hydrogen) atoms. The third-order valence-corrected chi connectivity index (χ3v) is 5.67. The van der Waals surface area contributed by atoms with Gasteiger partial charge in [-0.15, -0.1) is 11.3 Å². The van der Waals surface area contributed by atoms with Crippen LogP contribution in [0.1, 0.15) is 0 Å². The second-order valence-corrected chi connectivity index (χ2v) is 7.60. The molecular formula is C19H11BrFN3S. The summed E-state index contributed by atoms with van der Waals surface area (Å²) in [6.45, 7) is 0. The maximum atomic E-state index is 13.4. The van der Waals surface area contributed by atoms with Gasteiger partial charge in [-0.25, -0.2) is 9.37 Å². The lowest BCUT2D eigenvalue weighted by Crippen LogP contribution is -1.78. The average Bonchev–Trinajstić information content (AvgIpc) is 3.30. The van der Waals surface area contributed by atoms with Gasteiger partial charge in [0.2, 0.25) is 0 Å². The molecule has 0 amide bonds. The van der Waals surface area contributed by atoms with Gasteiger partial charge in [0.25, 0.3) is 0 Å². The highest BCUT2D eigenvalue weighted by molar-refractivity contribution is 9.10. The van der Waals surface area contributed by atoms with E-state index < -0.39 is 0 Å². The molecule has 0 aliphatic rings. The number of H-pyrrole nitrogens is 2. The molecule has 5 rings (SSSR count). The molecule has 122 valence electrons. The van der Waals surface area contributed by atoms with Crippen molar-refractivity contribution in [2.24, 2.45) is 0 Å². The van der Waals surface area contributed by atoms with Crippen LogP contribution in [0.2, 0.25) is 0 Å². The first-order valence-corrected chi connectivity index (χ1v) is 9.36. The van der Waals surface area contributed by atoms with E-state index >= 15 is 0 Å². The number of rotatable bonds is 2. The third-order valence-electron chi connectivity index (χ3n) is 4.30. The van der Waals surface area contributed by atoms with Crippen LogP contribution in [-0.2, 0) is 0 Å². The number of nitrogens with zero attached hydrogens (tertiary/aromatic N) is 1. The summed E-state index contributed by atoms with van der Waals surface area (Å²) in [6.07, 6.45) is 3.87. The highest BCUT2D eigenvalue weighted by Gasteiger charge is 2.14. The summed E-state index contributed by atoms with van der Waals surface area (Å²) in [5.74, 6) is -0.245. The van der Waals surface area contributed by atoms with E-state index in [1.54, 1.807) is 17.4 Å². The zero-order chi connectivity index (χ0) is 17.0. The van der Waals surface area contributed by atoms with E-state index in [0.29, 0.717) is 0 Å². The predicted molar refractivity (Wildman–Crippen MR) is 104 cm³/mol. The molecule has 0 spiro atoms. The summed E-state index contributed by atoms with van der Waals surface area (Å²) in [7, 11) is 0. The molecule has 0 saturated heterocycles. The van der Waals surface area contributed by atoms with Crippen molar-refractivity contribution in [3.05, 3.63) is 64.5 Å². The molecule has 0 saturated carbocycles. The first kappa shape index (κ1) is 14.9. The molecular weight excluding hydrogens is 401 g/mol. The van der Waals surface area contributed by atoms with Crippen molar-refractivity contribution < 1.29 is 4.39 Å². The van der Waals surface area contributed by atoms with Crippen molar-refractivity contribution in [1.82, 2.24) is 15.0 Å². The lowest BCUT2D eigenvalue weighted by atomic mass is 10.1. The molecule has 0 atom stereocenters. The fraction of sp³-hybridized carbons (Fsp3) is 0. The number of benzene rings is 2. The van der Waals surface area contributed by atoms with E-state index in [1.807, 2.05) is 18.5 Å². The Balaban J connectivity index is 1.62. The second-order valence-electron chi connectivity index (χ2n) is 5.82. The molecule has 0 fully saturated rings. The van der Waals surface area contributed by atoms with E-state index in [1.165, 1.54) is 12.1 Å². The quantitative estimate of drug-likeness (QED) is 0.349. The standard InChI is InChI=1S/C19H11BrFN3S/c20-10-1-3-12-14(7-22-16(12)5-10)18-9-25-19(24-18)15-8-23-17-6-11(21)2-4-13(15)17/h1-9,22-23H. The summed E-state index contributed by atoms with van der Waals surface area (Å²) in [5.41, 5.74) is 4.86. The molecule has 2 N–H and O–H groups in total. The highest BCUT2D eigenvalue weighted by Crippen LogP contribution is 2.36. The fourth-order valence-electron chi connectivity index (χ4n) is 3.11. The van der Waals surface area contributed by atoms with Crippen molar-refractivity contribution >= 4 is 49.1 Å². The van der Waals surface area contributed by atoms with Crippen molar-refractivity contribution in [3.63, 3.8) is 0 Å². The van der Waals surface area contributed by atoms with E-state index in [2.05, 4.69) is 43.4 Å². The number of halogens is 2. The molecule has 0 radical (unpaired) electrons. The minimum absolute atomic E-state index is 0.245. The number of nitrogens with one attached hydrogen (secondary N) is 2. The van der Waals surface area contributed by atoms with Crippen LogP contribution in [0.4, 0.5) is 4.39 Å². The van der Waals surface area contributed by atoms with Gasteiger partial charge in [-0.2, -0.15) is 0 Å². The van der Waals surface area contributed by atoms with Gasteiger partial charge in [0.15, 0.2) is 0 Å². The fourth-order valence-corrected chi connectivity index (χ4v) is 4.32. The van der Waals surface area contributed by atoms with Gasteiger partial charge < -0.3 is 9.97 Å². The Morgan fingerprint density at radius 2 is 1.64 bits per heavy atom. The molecule has 5 aromatic rings. The van der Waals surface area contributed by atoms with Crippen molar-refractivity contribution in [3.8, 4) is 21.8 Å². The average molecular weight is 412 g/mol. The van der Waals surface area contributed by atoms with Gasteiger partial charge in [-0.1, -0.05) is 22.0 Å².